The average molecular weight is 310 g/mol. The van der Waals surface area contributed by atoms with Gasteiger partial charge >= 0.3 is 5.97 Å². The second-order valence-corrected chi connectivity index (χ2v) is 5.50. The summed E-state index contributed by atoms with van der Waals surface area (Å²) in [6.07, 6.45) is 1.94. The van der Waals surface area contributed by atoms with Crippen molar-refractivity contribution in [2.45, 2.75) is 10.9 Å². The van der Waals surface area contributed by atoms with E-state index in [1.807, 2.05) is 30.5 Å². The number of carbonyl (C=O) groups excluding carboxylic acids is 1. The Hall–Kier alpha value is -1.57. The highest BCUT2D eigenvalue weighted by Gasteiger charge is 2.30. The highest BCUT2D eigenvalue weighted by molar-refractivity contribution is 7.98. The number of rotatable bonds is 5. The van der Waals surface area contributed by atoms with Crippen molar-refractivity contribution in [3.8, 4) is 0 Å². The highest BCUT2D eigenvalue weighted by atomic mass is 32.2. The number of hydrogen-bond acceptors (Lipinski definition) is 5. The number of thioether (sulfide) groups is 1. The second kappa shape index (κ2) is 7.44. The molecule has 1 saturated heterocycles. The van der Waals surface area contributed by atoms with Crippen LogP contribution in [0.1, 0.15) is 0 Å². The fraction of sp³-hybridized carbons (Fsp3) is 0.429. The van der Waals surface area contributed by atoms with E-state index in [1.165, 1.54) is 0 Å². The number of amides is 1. The third kappa shape index (κ3) is 4.20. The molecule has 1 aromatic rings. The van der Waals surface area contributed by atoms with Crippen molar-refractivity contribution in [1.82, 2.24) is 4.90 Å². The van der Waals surface area contributed by atoms with E-state index >= 15 is 0 Å². The molecule has 0 aliphatic carbocycles. The molecule has 6 nitrogen and oxygen atoms in total. The number of aliphatic carboxylic acids is 1. The lowest BCUT2D eigenvalue weighted by Gasteiger charge is -2.32. The van der Waals surface area contributed by atoms with E-state index < -0.39 is 12.0 Å². The van der Waals surface area contributed by atoms with Gasteiger partial charge in [-0.05, 0) is 18.4 Å². The summed E-state index contributed by atoms with van der Waals surface area (Å²) in [6, 6.07) is 6.75. The number of para-hydroxylation sites is 1. The molecule has 0 spiro atoms. The van der Waals surface area contributed by atoms with Crippen LogP contribution >= 0.6 is 11.8 Å². The van der Waals surface area contributed by atoms with Crippen molar-refractivity contribution in [3.63, 3.8) is 0 Å². The van der Waals surface area contributed by atoms with Gasteiger partial charge < -0.3 is 15.2 Å². The minimum atomic E-state index is -0.966. The summed E-state index contributed by atoms with van der Waals surface area (Å²) >= 11 is 1.55. The van der Waals surface area contributed by atoms with Gasteiger partial charge in [0, 0.05) is 11.4 Å². The van der Waals surface area contributed by atoms with Gasteiger partial charge in [0.15, 0.2) is 0 Å². The third-order valence-corrected chi connectivity index (χ3v) is 4.05. The lowest BCUT2D eigenvalue weighted by Crippen LogP contribution is -2.52. The summed E-state index contributed by atoms with van der Waals surface area (Å²) in [6.45, 7) is 1.04. The first-order chi connectivity index (χ1) is 10.1. The Morgan fingerprint density at radius 3 is 2.95 bits per heavy atom. The van der Waals surface area contributed by atoms with Gasteiger partial charge in [-0.3, -0.25) is 14.5 Å². The van der Waals surface area contributed by atoms with Crippen LogP contribution in [0.3, 0.4) is 0 Å². The molecule has 1 unspecified atom stereocenters. The van der Waals surface area contributed by atoms with Gasteiger partial charge in [-0.1, -0.05) is 12.1 Å². The highest BCUT2D eigenvalue weighted by Crippen LogP contribution is 2.24. The van der Waals surface area contributed by atoms with E-state index in [2.05, 4.69) is 5.32 Å². The van der Waals surface area contributed by atoms with Crippen molar-refractivity contribution >= 4 is 29.3 Å². The van der Waals surface area contributed by atoms with Crippen LogP contribution in [0.15, 0.2) is 29.2 Å². The molecular weight excluding hydrogens is 292 g/mol. The fourth-order valence-corrected chi connectivity index (χ4v) is 2.73. The van der Waals surface area contributed by atoms with Crippen molar-refractivity contribution < 1.29 is 19.4 Å². The molecule has 21 heavy (non-hydrogen) atoms. The van der Waals surface area contributed by atoms with Gasteiger partial charge in [-0.15, -0.1) is 11.8 Å². The first-order valence-corrected chi connectivity index (χ1v) is 7.81. The number of hydrogen-bond donors (Lipinski definition) is 2. The number of anilines is 1. The summed E-state index contributed by atoms with van der Waals surface area (Å²) in [5, 5.41) is 12.0. The minimum Gasteiger partial charge on any atom is -0.480 e. The Balaban J connectivity index is 1.99. The van der Waals surface area contributed by atoms with E-state index in [4.69, 9.17) is 9.84 Å². The number of morpholine rings is 1. The number of nitrogens with one attached hydrogen (secondary N) is 1. The van der Waals surface area contributed by atoms with Crippen LogP contribution in [0.2, 0.25) is 0 Å². The Morgan fingerprint density at radius 1 is 1.48 bits per heavy atom. The van der Waals surface area contributed by atoms with Crippen LogP contribution < -0.4 is 5.32 Å². The zero-order valence-electron chi connectivity index (χ0n) is 11.7. The van der Waals surface area contributed by atoms with Crippen LogP contribution in [0.4, 0.5) is 5.69 Å². The van der Waals surface area contributed by atoms with Crippen molar-refractivity contribution in [2.75, 3.05) is 37.9 Å². The molecule has 114 valence electrons. The first kappa shape index (κ1) is 15.8. The minimum absolute atomic E-state index is 0.0447. The molecule has 0 bridgehead atoms. The number of carbonyl (C=O) groups is 2. The maximum absolute atomic E-state index is 12.1. The van der Waals surface area contributed by atoms with Crippen molar-refractivity contribution in [3.05, 3.63) is 24.3 Å². The van der Waals surface area contributed by atoms with Crippen LogP contribution in [0.25, 0.3) is 0 Å². The van der Waals surface area contributed by atoms with E-state index in [0.717, 1.165) is 10.6 Å². The van der Waals surface area contributed by atoms with Crippen LogP contribution in [-0.2, 0) is 14.3 Å². The average Bonchev–Trinajstić information content (AvgIpc) is 2.48. The maximum atomic E-state index is 12.1. The Morgan fingerprint density at radius 2 is 2.24 bits per heavy atom. The number of ether oxygens (including phenoxy) is 1. The maximum Gasteiger partial charge on any atom is 0.323 e. The van der Waals surface area contributed by atoms with E-state index in [1.54, 1.807) is 16.7 Å². The predicted molar refractivity (Wildman–Crippen MR) is 80.7 cm³/mol. The van der Waals surface area contributed by atoms with Gasteiger partial charge in [-0.2, -0.15) is 0 Å². The molecule has 1 heterocycles. The van der Waals surface area contributed by atoms with Gasteiger partial charge in [0.1, 0.15) is 6.04 Å². The lowest BCUT2D eigenvalue weighted by molar-refractivity contribution is -0.150. The Kier molecular flexibility index (Phi) is 5.60. The van der Waals surface area contributed by atoms with Crippen LogP contribution in [0.5, 0.6) is 0 Å². The zero-order chi connectivity index (χ0) is 15.2. The summed E-state index contributed by atoms with van der Waals surface area (Å²) in [5.74, 6) is -1.18. The molecule has 1 aliphatic heterocycles. The molecule has 1 fully saturated rings. The molecule has 2 N–H and O–H groups in total. The van der Waals surface area contributed by atoms with Gasteiger partial charge in [-0.25, -0.2) is 0 Å². The normalized spacial score (nSPS) is 19.2. The lowest BCUT2D eigenvalue weighted by atomic mass is 10.2. The van der Waals surface area contributed by atoms with Gasteiger partial charge in [0.2, 0.25) is 5.91 Å². The molecule has 7 heteroatoms. The molecule has 0 saturated carbocycles. The number of carboxylic acids is 1. The van der Waals surface area contributed by atoms with E-state index in [0.29, 0.717) is 13.2 Å². The first-order valence-electron chi connectivity index (χ1n) is 6.59. The number of carboxylic acid groups (broad SMARTS) is 1. The van der Waals surface area contributed by atoms with E-state index in [9.17, 15) is 9.59 Å². The summed E-state index contributed by atoms with van der Waals surface area (Å²) in [4.78, 5) is 25.9. The van der Waals surface area contributed by atoms with Gasteiger partial charge in [0.25, 0.3) is 0 Å². The predicted octanol–water partition coefficient (Wildman–Crippen LogP) is 1.13. The third-order valence-electron chi connectivity index (χ3n) is 3.25. The summed E-state index contributed by atoms with van der Waals surface area (Å²) in [7, 11) is 0. The summed E-state index contributed by atoms with van der Waals surface area (Å²) in [5.41, 5.74) is 0.745. The molecule has 1 amide bonds. The standard InChI is InChI=1S/C14H18N2O4S/c1-21-12-5-3-2-4-10(12)15-13(17)8-16-6-7-20-9-11(16)14(18)19/h2-5,11H,6-9H2,1H3,(H,15,17)(H,18,19). The molecule has 1 aromatic carbocycles. The zero-order valence-corrected chi connectivity index (χ0v) is 12.6. The molecular formula is C14H18N2O4S. The van der Waals surface area contributed by atoms with Crippen molar-refractivity contribution in [2.24, 2.45) is 0 Å². The summed E-state index contributed by atoms with van der Waals surface area (Å²) < 4.78 is 5.15. The quantitative estimate of drug-likeness (QED) is 0.794. The smallest absolute Gasteiger partial charge is 0.323 e. The second-order valence-electron chi connectivity index (χ2n) is 4.65. The van der Waals surface area contributed by atoms with Gasteiger partial charge in [0.05, 0.1) is 25.4 Å². The van der Waals surface area contributed by atoms with E-state index in [-0.39, 0.29) is 19.1 Å². The number of nitrogens with zero attached hydrogens (tertiary/aromatic N) is 1. The molecule has 1 atom stereocenters. The molecule has 1 aliphatic rings. The van der Waals surface area contributed by atoms with Crippen molar-refractivity contribution in [1.29, 1.82) is 0 Å². The monoisotopic (exact) mass is 310 g/mol. The van der Waals surface area contributed by atoms with Crippen LogP contribution in [-0.4, -0.2) is 60.5 Å². The van der Waals surface area contributed by atoms with Crippen LogP contribution in [0, 0.1) is 0 Å². The molecule has 2 rings (SSSR count). The fourth-order valence-electron chi connectivity index (χ4n) is 2.18. The largest absolute Gasteiger partial charge is 0.480 e. The molecule has 0 radical (unpaired) electrons. The SMILES string of the molecule is CSc1ccccc1NC(=O)CN1CCOCC1C(=O)O. The Labute approximate surface area is 127 Å². The molecule has 0 aromatic heterocycles. The topological polar surface area (TPSA) is 78.9 Å². The Bertz CT molecular complexity index is 523. The number of benzene rings is 1.